The fourth-order valence-corrected chi connectivity index (χ4v) is 4.35. The van der Waals surface area contributed by atoms with E-state index in [1.165, 1.54) is 16.8 Å². The molecule has 0 saturated heterocycles. The number of imidazole rings is 1. The Kier molecular flexibility index (Phi) is 4.52. The number of sulfonamides is 1. The van der Waals surface area contributed by atoms with Crippen LogP contribution in [0.1, 0.15) is 17.4 Å². The minimum absolute atomic E-state index is 0.0195. The molecule has 2 aromatic rings. The normalized spacial score (nSPS) is 18.5. The first-order valence-electron chi connectivity index (χ1n) is 7.52. The monoisotopic (exact) mass is 352 g/mol. The van der Waals surface area contributed by atoms with E-state index in [1.54, 1.807) is 29.4 Å². The molecule has 0 radical (unpaired) electrons. The zero-order valence-electron chi connectivity index (χ0n) is 13.7. The minimum Gasteiger partial charge on any atom is -0.375 e. The summed E-state index contributed by atoms with van der Waals surface area (Å²) in [7, 11) is -0.211. The van der Waals surface area contributed by atoms with Crippen LogP contribution in [0.15, 0.2) is 30.2 Å². The Morgan fingerprint density at radius 2 is 2.25 bits per heavy atom. The van der Waals surface area contributed by atoms with Crippen molar-refractivity contribution in [1.82, 2.24) is 28.9 Å². The van der Waals surface area contributed by atoms with Gasteiger partial charge in [-0.3, -0.25) is 4.68 Å². The predicted molar refractivity (Wildman–Crippen MR) is 85.6 cm³/mol. The van der Waals surface area contributed by atoms with E-state index in [0.717, 1.165) is 5.69 Å². The van der Waals surface area contributed by atoms with E-state index in [1.807, 2.05) is 0 Å². The molecule has 3 heterocycles. The van der Waals surface area contributed by atoms with Crippen molar-refractivity contribution < 1.29 is 13.2 Å². The van der Waals surface area contributed by atoms with E-state index in [2.05, 4.69) is 21.9 Å². The molecule has 1 atom stereocenters. The zero-order chi connectivity index (χ0) is 17.3. The van der Waals surface area contributed by atoms with Gasteiger partial charge in [-0.2, -0.15) is 4.31 Å². The van der Waals surface area contributed by atoms with Crippen LogP contribution in [0.3, 0.4) is 0 Å². The molecule has 130 valence electrons. The molecule has 24 heavy (non-hydrogen) atoms. The highest BCUT2D eigenvalue weighted by Gasteiger charge is 2.40. The predicted octanol–water partition coefficient (Wildman–Crippen LogP) is 0.0393. The molecule has 0 spiro atoms. The van der Waals surface area contributed by atoms with Gasteiger partial charge in [-0.25, -0.2) is 13.4 Å². The van der Waals surface area contributed by atoms with Crippen molar-refractivity contribution in [1.29, 1.82) is 0 Å². The quantitative estimate of drug-likeness (QED) is 0.538. The topological polar surface area (TPSA) is 95.1 Å². The largest absolute Gasteiger partial charge is 0.375 e. The van der Waals surface area contributed by atoms with Gasteiger partial charge in [0.2, 0.25) is 0 Å². The molecule has 0 N–H and O–H groups in total. The summed E-state index contributed by atoms with van der Waals surface area (Å²) in [6, 6.07) is -0.533. The van der Waals surface area contributed by atoms with E-state index < -0.39 is 16.1 Å². The second-order valence-corrected chi connectivity index (χ2v) is 7.47. The maximum Gasteiger partial charge on any atom is 0.262 e. The van der Waals surface area contributed by atoms with Gasteiger partial charge in [-0.15, -0.1) is 11.7 Å². The highest BCUT2D eigenvalue weighted by Crippen LogP contribution is 2.32. The van der Waals surface area contributed by atoms with E-state index in [9.17, 15) is 8.42 Å². The summed E-state index contributed by atoms with van der Waals surface area (Å²) in [6.45, 7) is 4.46. The molecule has 1 aliphatic rings. The van der Waals surface area contributed by atoms with Crippen molar-refractivity contribution in [3.63, 3.8) is 0 Å². The average molecular weight is 352 g/mol. The minimum atomic E-state index is -3.74. The van der Waals surface area contributed by atoms with Crippen molar-refractivity contribution >= 4 is 10.0 Å². The lowest BCUT2D eigenvalue weighted by molar-refractivity contribution is 0.102. The van der Waals surface area contributed by atoms with Crippen LogP contribution in [0.2, 0.25) is 0 Å². The van der Waals surface area contributed by atoms with Gasteiger partial charge in [0.15, 0.2) is 5.03 Å². The van der Waals surface area contributed by atoms with Crippen LogP contribution in [-0.4, -0.2) is 57.0 Å². The Morgan fingerprint density at radius 1 is 1.46 bits per heavy atom. The lowest BCUT2D eigenvalue weighted by Gasteiger charge is -2.32. The first-order valence-corrected chi connectivity index (χ1v) is 8.96. The van der Waals surface area contributed by atoms with Gasteiger partial charge in [0, 0.05) is 33.3 Å². The smallest absolute Gasteiger partial charge is 0.262 e. The van der Waals surface area contributed by atoms with E-state index in [4.69, 9.17) is 4.74 Å². The van der Waals surface area contributed by atoms with Gasteiger partial charge in [-0.05, 0) is 0 Å². The fourth-order valence-electron chi connectivity index (χ4n) is 2.80. The van der Waals surface area contributed by atoms with Gasteiger partial charge in [-0.1, -0.05) is 11.3 Å². The van der Waals surface area contributed by atoms with Crippen LogP contribution in [-0.2, 0) is 35.3 Å². The summed E-state index contributed by atoms with van der Waals surface area (Å²) in [5, 5.41) is 8.19. The molecular formula is C14H20N6O3S. The summed E-state index contributed by atoms with van der Waals surface area (Å²) in [5.41, 5.74) is 1.56. The molecule has 10 heteroatoms. The first-order chi connectivity index (χ1) is 11.4. The van der Waals surface area contributed by atoms with Crippen molar-refractivity contribution in [2.24, 2.45) is 14.1 Å². The van der Waals surface area contributed by atoms with E-state index >= 15 is 0 Å². The lowest BCUT2D eigenvalue weighted by Crippen LogP contribution is -2.42. The van der Waals surface area contributed by atoms with Crippen LogP contribution in [0, 0.1) is 0 Å². The van der Waals surface area contributed by atoms with Gasteiger partial charge in [0.1, 0.15) is 5.69 Å². The third-order valence-corrected chi connectivity index (χ3v) is 5.76. The van der Waals surface area contributed by atoms with Gasteiger partial charge >= 0.3 is 0 Å². The second-order valence-electron chi connectivity index (χ2n) is 5.63. The number of aryl methyl sites for hydroxylation is 2. The maximum absolute atomic E-state index is 13.0. The van der Waals surface area contributed by atoms with Gasteiger partial charge in [0.05, 0.1) is 31.3 Å². The molecule has 9 nitrogen and oxygen atoms in total. The number of nitrogens with zero attached hydrogens (tertiary/aromatic N) is 6. The molecule has 0 unspecified atom stereocenters. The summed E-state index contributed by atoms with van der Waals surface area (Å²) < 4.78 is 36.2. The number of hydrogen-bond acceptors (Lipinski definition) is 6. The van der Waals surface area contributed by atoms with Crippen LogP contribution < -0.4 is 0 Å². The number of aromatic nitrogens is 5. The number of rotatable bonds is 6. The van der Waals surface area contributed by atoms with Crippen LogP contribution >= 0.6 is 0 Å². The highest BCUT2D eigenvalue weighted by atomic mass is 32.2. The van der Waals surface area contributed by atoms with E-state index in [0.29, 0.717) is 25.3 Å². The molecule has 0 aliphatic carbocycles. The summed E-state index contributed by atoms with van der Waals surface area (Å²) in [6.07, 6.45) is 5.12. The van der Waals surface area contributed by atoms with Crippen LogP contribution in [0.25, 0.3) is 0 Å². The van der Waals surface area contributed by atoms with Crippen molar-refractivity contribution in [2.45, 2.75) is 17.5 Å². The molecule has 0 fully saturated rings. The Labute approximate surface area is 140 Å². The average Bonchev–Trinajstić information content (AvgIpc) is 3.15. The SMILES string of the molecule is C=CCOC[C@H]1c2nnn(C)c2CCN1S(=O)(=O)c1cn(C)cn1. The van der Waals surface area contributed by atoms with Gasteiger partial charge < -0.3 is 9.30 Å². The van der Waals surface area contributed by atoms with Gasteiger partial charge in [0.25, 0.3) is 10.0 Å². The summed E-state index contributed by atoms with van der Waals surface area (Å²) in [4.78, 5) is 3.99. The van der Waals surface area contributed by atoms with E-state index in [-0.39, 0.29) is 11.6 Å². The van der Waals surface area contributed by atoms with Crippen molar-refractivity contribution in [3.8, 4) is 0 Å². The fraction of sp³-hybridized carbons (Fsp3) is 0.500. The summed E-state index contributed by atoms with van der Waals surface area (Å²) >= 11 is 0. The molecular weight excluding hydrogens is 332 g/mol. The molecule has 1 aliphatic heterocycles. The standard InChI is InChI=1S/C14H20N6O3S/c1-4-7-23-9-12-14-11(19(3)17-16-14)5-6-20(12)24(21,22)13-8-18(2)10-15-13/h4,8,10,12H,1,5-7,9H2,2-3H3/t12-/m0/s1. The van der Waals surface area contributed by atoms with Crippen molar-refractivity contribution in [3.05, 3.63) is 36.6 Å². The number of hydrogen-bond donors (Lipinski definition) is 0. The first kappa shape index (κ1) is 16.8. The molecule has 3 rings (SSSR count). The molecule has 2 aromatic heterocycles. The Balaban J connectivity index is 1.97. The third kappa shape index (κ3) is 2.87. The number of fused-ring (bicyclic) bond motifs is 1. The third-order valence-electron chi connectivity index (χ3n) is 3.97. The Hall–Kier alpha value is -2.04. The zero-order valence-corrected chi connectivity index (χ0v) is 14.5. The second kappa shape index (κ2) is 6.46. The Morgan fingerprint density at radius 3 is 2.92 bits per heavy atom. The highest BCUT2D eigenvalue weighted by molar-refractivity contribution is 7.89. The molecule has 0 saturated carbocycles. The lowest BCUT2D eigenvalue weighted by atomic mass is 10.1. The summed E-state index contributed by atoms with van der Waals surface area (Å²) in [5.74, 6) is 0. The number of ether oxygens (including phenoxy) is 1. The molecule has 0 bridgehead atoms. The molecule has 0 aromatic carbocycles. The van der Waals surface area contributed by atoms with Crippen LogP contribution in [0.4, 0.5) is 0 Å². The maximum atomic E-state index is 13.0. The van der Waals surface area contributed by atoms with Crippen molar-refractivity contribution in [2.75, 3.05) is 19.8 Å². The molecule has 0 amide bonds. The van der Waals surface area contributed by atoms with Crippen LogP contribution in [0.5, 0.6) is 0 Å². The Bertz CT molecular complexity index is 841.